The summed E-state index contributed by atoms with van der Waals surface area (Å²) >= 11 is 0. The number of aryl methyl sites for hydroxylation is 2. The fourth-order valence-electron chi connectivity index (χ4n) is 5.45. The van der Waals surface area contributed by atoms with Crippen molar-refractivity contribution in [2.24, 2.45) is 0 Å². The van der Waals surface area contributed by atoms with Gasteiger partial charge in [-0.25, -0.2) is 0 Å². The van der Waals surface area contributed by atoms with Crippen molar-refractivity contribution < 1.29 is 19.4 Å². The third kappa shape index (κ3) is 3.50. The number of amides is 1. The molecular weight excluding hydrogens is 402 g/mol. The molecular formula is C27H29NO4. The number of carbonyl (C=O) groups is 2. The van der Waals surface area contributed by atoms with Gasteiger partial charge in [0.05, 0.1) is 18.2 Å². The molecule has 1 N–H and O–H groups in total. The lowest BCUT2D eigenvalue weighted by molar-refractivity contribution is -0.141. The number of ketones is 1. The second-order valence-electron chi connectivity index (χ2n) is 9.13. The number of benzene rings is 2. The van der Waals surface area contributed by atoms with Gasteiger partial charge in [0.2, 0.25) is 0 Å². The van der Waals surface area contributed by atoms with E-state index in [1.807, 2.05) is 43.3 Å². The molecule has 0 spiro atoms. The number of nitrogens with zero attached hydrogens (tertiary/aromatic N) is 1. The molecule has 32 heavy (non-hydrogen) atoms. The molecule has 0 aromatic heterocycles. The van der Waals surface area contributed by atoms with E-state index in [0.717, 1.165) is 67.4 Å². The highest BCUT2D eigenvalue weighted by Gasteiger charge is 2.49. The zero-order valence-corrected chi connectivity index (χ0v) is 18.5. The van der Waals surface area contributed by atoms with E-state index in [0.29, 0.717) is 12.2 Å². The van der Waals surface area contributed by atoms with Gasteiger partial charge in [-0.05, 0) is 67.5 Å². The maximum absolute atomic E-state index is 13.3. The Balaban J connectivity index is 1.65. The van der Waals surface area contributed by atoms with Crippen LogP contribution in [0.2, 0.25) is 0 Å². The summed E-state index contributed by atoms with van der Waals surface area (Å²) in [5, 5.41) is 11.4. The first-order valence-corrected chi connectivity index (χ1v) is 11.7. The first-order valence-electron chi connectivity index (χ1n) is 11.7. The Morgan fingerprint density at radius 3 is 2.59 bits per heavy atom. The number of fused-ring (bicyclic) bond motifs is 1. The summed E-state index contributed by atoms with van der Waals surface area (Å²) in [6, 6.07) is 12.8. The van der Waals surface area contributed by atoms with Gasteiger partial charge in [0.25, 0.3) is 11.7 Å². The molecule has 2 aromatic rings. The summed E-state index contributed by atoms with van der Waals surface area (Å²) in [6.07, 6.45) is 6.85. The lowest BCUT2D eigenvalue weighted by Crippen LogP contribution is -2.40. The van der Waals surface area contributed by atoms with Gasteiger partial charge in [0.1, 0.15) is 11.5 Å². The molecule has 5 nitrogen and oxygen atoms in total. The highest BCUT2D eigenvalue weighted by atomic mass is 16.5. The van der Waals surface area contributed by atoms with Crippen LogP contribution in [0, 0.1) is 6.92 Å². The Hall–Kier alpha value is -3.08. The number of Topliss-reactive ketones (excluding diaryl/α,β-unsaturated/α-hetero) is 1. The van der Waals surface area contributed by atoms with Crippen molar-refractivity contribution in [1.29, 1.82) is 0 Å². The van der Waals surface area contributed by atoms with Gasteiger partial charge in [0.15, 0.2) is 0 Å². The van der Waals surface area contributed by atoms with Gasteiger partial charge in [-0.3, -0.25) is 9.59 Å². The average molecular weight is 432 g/mol. The maximum atomic E-state index is 13.3. The topological polar surface area (TPSA) is 66.8 Å². The van der Waals surface area contributed by atoms with Gasteiger partial charge < -0.3 is 14.7 Å². The van der Waals surface area contributed by atoms with E-state index in [1.54, 1.807) is 11.0 Å². The summed E-state index contributed by atoms with van der Waals surface area (Å²) in [5.41, 5.74) is 3.69. The summed E-state index contributed by atoms with van der Waals surface area (Å²) in [4.78, 5) is 28.4. The quantitative estimate of drug-likeness (QED) is 0.418. The van der Waals surface area contributed by atoms with E-state index in [9.17, 15) is 14.7 Å². The first kappa shape index (κ1) is 20.8. The predicted molar refractivity (Wildman–Crippen MR) is 122 cm³/mol. The number of hydrogen-bond donors (Lipinski definition) is 1. The molecule has 1 saturated carbocycles. The molecule has 2 fully saturated rings. The minimum absolute atomic E-state index is 0.0204. The van der Waals surface area contributed by atoms with Crippen molar-refractivity contribution in [2.45, 2.75) is 64.0 Å². The predicted octanol–water partition coefficient (Wildman–Crippen LogP) is 5.07. The molecule has 5 heteroatoms. The highest BCUT2D eigenvalue weighted by Crippen LogP contribution is 2.44. The van der Waals surface area contributed by atoms with E-state index in [2.05, 4.69) is 0 Å². The van der Waals surface area contributed by atoms with E-state index in [4.69, 9.17) is 4.74 Å². The normalized spacial score (nSPS) is 23.2. The largest absolute Gasteiger partial charge is 0.507 e. The third-order valence-corrected chi connectivity index (χ3v) is 7.11. The summed E-state index contributed by atoms with van der Waals surface area (Å²) in [5.74, 6) is -0.350. The third-order valence-electron chi connectivity index (χ3n) is 7.11. The Morgan fingerprint density at radius 1 is 1.03 bits per heavy atom. The van der Waals surface area contributed by atoms with Crippen LogP contribution >= 0.6 is 0 Å². The molecule has 1 aliphatic carbocycles. The Bertz CT molecular complexity index is 1100. The standard InChI is InChI=1S/C27H29NO4/c1-17-8-5-6-12-21(17)24-23(26(30)27(31)28(24)20-10-3-2-4-11-20)25(29)19-13-14-22-18(16-19)9-7-15-32-22/h5-6,8,12-14,16,20,24,29H,2-4,7,9-11,15H2,1H3/b25-23+. The molecule has 0 bridgehead atoms. The molecule has 2 aromatic carbocycles. The maximum Gasteiger partial charge on any atom is 0.295 e. The van der Waals surface area contributed by atoms with Crippen molar-refractivity contribution in [3.05, 3.63) is 70.3 Å². The molecule has 1 atom stereocenters. The zero-order chi connectivity index (χ0) is 22.2. The molecule has 0 radical (unpaired) electrons. The number of aliphatic hydroxyl groups excluding tert-OH is 1. The van der Waals surface area contributed by atoms with Crippen LogP contribution in [0.5, 0.6) is 5.75 Å². The van der Waals surface area contributed by atoms with Crippen molar-refractivity contribution in [3.8, 4) is 5.75 Å². The van der Waals surface area contributed by atoms with Crippen molar-refractivity contribution in [3.63, 3.8) is 0 Å². The van der Waals surface area contributed by atoms with E-state index >= 15 is 0 Å². The Kier molecular flexibility index (Phi) is 5.50. The number of aliphatic hydroxyl groups is 1. The second kappa shape index (κ2) is 8.45. The van der Waals surface area contributed by atoms with E-state index in [1.165, 1.54) is 0 Å². The minimum atomic E-state index is -0.588. The van der Waals surface area contributed by atoms with Gasteiger partial charge >= 0.3 is 0 Å². The minimum Gasteiger partial charge on any atom is -0.507 e. The summed E-state index contributed by atoms with van der Waals surface area (Å²) in [7, 11) is 0. The van der Waals surface area contributed by atoms with Gasteiger partial charge in [-0.15, -0.1) is 0 Å². The molecule has 166 valence electrons. The van der Waals surface area contributed by atoms with E-state index in [-0.39, 0.29) is 17.4 Å². The van der Waals surface area contributed by atoms with E-state index < -0.39 is 17.7 Å². The molecule has 5 rings (SSSR count). The smallest absolute Gasteiger partial charge is 0.295 e. The molecule has 1 unspecified atom stereocenters. The second-order valence-corrected chi connectivity index (χ2v) is 9.13. The molecule has 1 amide bonds. The number of rotatable bonds is 3. The van der Waals surface area contributed by atoms with Crippen LogP contribution in [0.4, 0.5) is 0 Å². The summed E-state index contributed by atoms with van der Waals surface area (Å²) < 4.78 is 5.70. The van der Waals surface area contributed by atoms with Crippen LogP contribution in [0.1, 0.15) is 66.8 Å². The van der Waals surface area contributed by atoms with Gasteiger partial charge in [0, 0.05) is 11.6 Å². The number of ether oxygens (including phenoxy) is 1. The van der Waals surface area contributed by atoms with Gasteiger partial charge in [-0.1, -0.05) is 43.5 Å². The lowest BCUT2D eigenvalue weighted by Gasteiger charge is -2.36. The summed E-state index contributed by atoms with van der Waals surface area (Å²) in [6.45, 7) is 2.69. The molecule has 1 saturated heterocycles. The van der Waals surface area contributed by atoms with Crippen LogP contribution in [0.25, 0.3) is 5.76 Å². The Morgan fingerprint density at radius 2 is 1.81 bits per heavy atom. The van der Waals surface area contributed by atoms with Crippen molar-refractivity contribution >= 4 is 17.4 Å². The zero-order valence-electron chi connectivity index (χ0n) is 18.5. The Labute approximate surface area is 188 Å². The van der Waals surface area contributed by atoms with Gasteiger partial charge in [-0.2, -0.15) is 0 Å². The molecule has 3 aliphatic rings. The first-order chi connectivity index (χ1) is 15.6. The van der Waals surface area contributed by atoms with Crippen molar-refractivity contribution in [2.75, 3.05) is 6.61 Å². The van der Waals surface area contributed by atoms with Crippen LogP contribution in [0.15, 0.2) is 48.0 Å². The monoisotopic (exact) mass is 431 g/mol. The number of carbonyl (C=O) groups excluding carboxylic acids is 2. The number of likely N-dealkylation sites (tertiary alicyclic amines) is 1. The SMILES string of the molecule is Cc1ccccc1C1/C(=C(\O)c2ccc3c(c2)CCCO3)C(=O)C(=O)N1C1CCCCC1. The molecule has 2 aliphatic heterocycles. The van der Waals surface area contributed by atoms with Crippen LogP contribution in [0.3, 0.4) is 0 Å². The fraction of sp³-hybridized carbons (Fsp3) is 0.407. The van der Waals surface area contributed by atoms with Crippen LogP contribution in [-0.2, 0) is 16.0 Å². The van der Waals surface area contributed by atoms with Crippen LogP contribution in [-0.4, -0.2) is 34.3 Å². The molecule has 2 heterocycles. The average Bonchev–Trinajstić information content (AvgIpc) is 3.09. The van der Waals surface area contributed by atoms with Crippen LogP contribution < -0.4 is 4.74 Å². The van der Waals surface area contributed by atoms with Crippen molar-refractivity contribution in [1.82, 2.24) is 4.90 Å². The fourth-order valence-corrected chi connectivity index (χ4v) is 5.45. The highest BCUT2D eigenvalue weighted by molar-refractivity contribution is 6.46. The number of hydrogen-bond acceptors (Lipinski definition) is 4. The lowest BCUT2D eigenvalue weighted by atomic mass is 9.89.